The van der Waals surface area contributed by atoms with E-state index in [-0.39, 0.29) is 5.82 Å². The van der Waals surface area contributed by atoms with Crippen LogP contribution < -0.4 is 5.73 Å². The van der Waals surface area contributed by atoms with Crippen LogP contribution in [-0.4, -0.2) is 9.55 Å². The summed E-state index contributed by atoms with van der Waals surface area (Å²) in [5.41, 5.74) is 7.23. The monoisotopic (exact) mass is 323 g/mol. The first-order valence-electron chi connectivity index (χ1n) is 5.78. The molecule has 1 aromatic carbocycles. The summed E-state index contributed by atoms with van der Waals surface area (Å²) in [5.74, 6) is 0.907. The second-order valence-corrected chi connectivity index (χ2v) is 5.06. The van der Waals surface area contributed by atoms with Gasteiger partial charge in [-0.1, -0.05) is 0 Å². The maximum Gasteiger partial charge on any atom is 0.201 e. The number of hydrogen-bond donors (Lipinski definition) is 1. The summed E-state index contributed by atoms with van der Waals surface area (Å²) in [4.78, 5) is 4.16. The molecule has 0 spiro atoms. The number of nitrogens with zero attached hydrogens (tertiary/aromatic N) is 2. The van der Waals surface area contributed by atoms with E-state index in [0.29, 0.717) is 28.9 Å². The summed E-state index contributed by atoms with van der Waals surface area (Å²) in [6, 6.07) is 6.82. The Morgan fingerprint density at radius 1 is 1.42 bits per heavy atom. The summed E-state index contributed by atoms with van der Waals surface area (Å²) < 4.78 is 21.0. The van der Waals surface area contributed by atoms with E-state index in [1.54, 1.807) is 12.3 Å². The number of rotatable bonds is 3. The number of halogens is 2. The Balaban J connectivity index is 1.98. The van der Waals surface area contributed by atoms with Crippen molar-refractivity contribution in [2.24, 2.45) is 0 Å². The van der Waals surface area contributed by atoms with Crippen LogP contribution >= 0.6 is 15.9 Å². The molecular formula is C13H11BrFN3O. The van der Waals surface area contributed by atoms with Gasteiger partial charge in [0.1, 0.15) is 11.6 Å². The summed E-state index contributed by atoms with van der Waals surface area (Å²) in [5, 5.41) is 0. The molecule has 0 fully saturated rings. The lowest BCUT2D eigenvalue weighted by molar-refractivity contribution is 0.494. The van der Waals surface area contributed by atoms with Gasteiger partial charge in [-0.2, -0.15) is 0 Å². The van der Waals surface area contributed by atoms with Crippen LogP contribution in [0.3, 0.4) is 0 Å². The molecular weight excluding hydrogens is 313 g/mol. The van der Waals surface area contributed by atoms with Gasteiger partial charge in [0, 0.05) is 19.0 Å². The Labute approximate surface area is 117 Å². The van der Waals surface area contributed by atoms with Crippen molar-refractivity contribution in [3.8, 4) is 0 Å². The first-order chi connectivity index (χ1) is 9.15. The molecule has 4 nitrogen and oxygen atoms in total. The molecule has 0 aliphatic heterocycles. The van der Waals surface area contributed by atoms with Crippen molar-refractivity contribution >= 4 is 32.9 Å². The van der Waals surface area contributed by atoms with Crippen LogP contribution in [0.1, 0.15) is 5.76 Å². The van der Waals surface area contributed by atoms with Gasteiger partial charge in [0.25, 0.3) is 0 Å². The number of aryl methyl sites for hydroxylation is 2. The van der Waals surface area contributed by atoms with Gasteiger partial charge in [-0.3, -0.25) is 0 Å². The average Bonchev–Trinajstić information content (AvgIpc) is 2.96. The van der Waals surface area contributed by atoms with Crippen molar-refractivity contribution in [1.82, 2.24) is 9.55 Å². The van der Waals surface area contributed by atoms with Crippen LogP contribution in [0.15, 0.2) is 39.4 Å². The molecule has 2 N–H and O–H groups in total. The largest absolute Gasteiger partial charge is 0.469 e. The van der Waals surface area contributed by atoms with E-state index in [2.05, 4.69) is 20.9 Å². The number of benzene rings is 1. The van der Waals surface area contributed by atoms with Crippen LogP contribution in [0.4, 0.5) is 10.3 Å². The molecule has 0 saturated carbocycles. The maximum absolute atomic E-state index is 13.4. The molecule has 2 aromatic heterocycles. The number of furan rings is 1. The molecule has 0 aliphatic carbocycles. The van der Waals surface area contributed by atoms with Gasteiger partial charge in [0.05, 0.1) is 21.8 Å². The average molecular weight is 324 g/mol. The third kappa shape index (κ3) is 2.23. The number of nitrogens with two attached hydrogens (primary N) is 1. The zero-order valence-electron chi connectivity index (χ0n) is 9.94. The Kier molecular flexibility index (Phi) is 3.02. The van der Waals surface area contributed by atoms with Gasteiger partial charge in [-0.05, 0) is 34.1 Å². The zero-order chi connectivity index (χ0) is 13.4. The number of hydrogen-bond acceptors (Lipinski definition) is 3. The molecule has 0 amide bonds. The summed E-state index contributed by atoms with van der Waals surface area (Å²) in [7, 11) is 0. The maximum atomic E-state index is 13.4. The molecule has 0 unspecified atom stereocenters. The molecule has 0 radical (unpaired) electrons. The summed E-state index contributed by atoms with van der Waals surface area (Å²) in [6.07, 6.45) is 2.34. The third-order valence-electron chi connectivity index (χ3n) is 2.98. The van der Waals surface area contributed by atoms with Crippen LogP contribution in [0, 0.1) is 5.82 Å². The van der Waals surface area contributed by atoms with Crippen LogP contribution in [0.25, 0.3) is 11.0 Å². The second-order valence-electron chi connectivity index (χ2n) is 4.21. The standard InChI is InChI=1S/C13H11BrFN3O/c14-9-6-12-11(7-10(9)15)17-13(16)18(12)4-3-8-2-1-5-19-8/h1-2,5-7H,3-4H2,(H2,16,17). The normalized spacial score (nSPS) is 11.3. The minimum absolute atomic E-state index is 0.344. The van der Waals surface area contributed by atoms with Crippen LogP contribution in [-0.2, 0) is 13.0 Å². The first kappa shape index (κ1) is 12.2. The van der Waals surface area contributed by atoms with E-state index in [4.69, 9.17) is 10.2 Å². The SMILES string of the molecule is Nc1nc2cc(F)c(Br)cc2n1CCc1ccco1. The Bertz CT molecular complexity index is 721. The van der Waals surface area contributed by atoms with Gasteiger partial charge in [-0.25, -0.2) is 9.37 Å². The van der Waals surface area contributed by atoms with E-state index in [9.17, 15) is 4.39 Å². The lowest BCUT2D eigenvalue weighted by atomic mass is 10.3. The highest BCUT2D eigenvalue weighted by Crippen LogP contribution is 2.25. The molecule has 0 aliphatic rings. The fourth-order valence-corrected chi connectivity index (χ4v) is 2.38. The van der Waals surface area contributed by atoms with Gasteiger partial charge in [-0.15, -0.1) is 0 Å². The lowest BCUT2D eigenvalue weighted by Crippen LogP contribution is -2.05. The first-order valence-corrected chi connectivity index (χ1v) is 6.57. The fraction of sp³-hybridized carbons (Fsp3) is 0.154. The van der Waals surface area contributed by atoms with Crippen molar-refractivity contribution in [3.05, 3.63) is 46.6 Å². The Morgan fingerprint density at radius 2 is 2.26 bits per heavy atom. The number of imidazole rings is 1. The molecule has 0 atom stereocenters. The Morgan fingerprint density at radius 3 is 3.00 bits per heavy atom. The van der Waals surface area contributed by atoms with Crippen molar-refractivity contribution < 1.29 is 8.81 Å². The number of aromatic nitrogens is 2. The summed E-state index contributed by atoms with van der Waals surface area (Å²) >= 11 is 3.17. The molecule has 0 bridgehead atoms. The molecule has 3 aromatic rings. The van der Waals surface area contributed by atoms with Gasteiger partial charge >= 0.3 is 0 Å². The van der Waals surface area contributed by atoms with E-state index in [1.165, 1.54) is 6.07 Å². The number of fused-ring (bicyclic) bond motifs is 1. The van der Waals surface area contributed by atoms with Gasteiger partial charge in [0.2, 0.25) is 5.95 Å². The van der Waals surface area contributed by atoms with E-state index in [0.717, 1.165) is 11.3 Å². The molecule has 3 rings (SSSR count). The highest BCUT2D eigenvalue weighted by Gasteiger charge is 2.11. The van der Waals surface area contributed by atoms with Gasteiger partial charge in [0.15, 0.2) is 0 Å². The van der Waals surface area contributed by atoms with E-state index in [1.807, 2.05) is 16.7 Å². The lowest BCUT2D eigenvalue weighted by Gasteiger charge is -2.05. The molecule has 0 saturated heterocycles. The van der Waals surface area contributed by atoms with E-state index < -0.39 is 0 Å². The minimum atomic E-state index is -0.344. The predicted octanol–water partition coefficient (Wildman–Crippen LogP) is 3.36. The van der Waals surface area contributed by atoms with Crippen molar-refractivity contribution in [1.29, 1.82) is 0 Å². The van der Waals surface area contributed by atoms with Gasteiger partial charge < -0.3 is 14.7 Å². The Hall–Kier alpha value is -1.82. The highest BCUT2D eigenvalue weighted by atomic mass is 79.9. The topological polar surface area (TPSA) is 57.0 Å². The predicted molar refractivity (Wildman–Crippen MR) is 74.2 cm³/mol. The van der Waals surface area contributed by atoms with Crippen LogP contribution in [0.5, 0.6) is 0 Å². The summed E-state index contributed by atoms with van der Waals surface area (Å²) in [6.45, 7) is 0.633. The van der Waals surface area contributed by atoms with Crippen molar-refractivity contribution in [3.63, 3.8) is 0 Å². The smallest absolute Gasteiger partial charge is 0.201 e. The molecule has 6 heteroatoms. The number of anilines is 1. The quantitative estimate of drug-likeness (QED) is 0.804. The molecule has 98 valence electrons. The van der Waals surface area contributed by atoms with E-state index >= 15 is 0 Å². The minimum Gasteiger partial charge on any atom is -0.469 e. The molecule has 19 heavy (non-hydrogen) atoms. The third-order valence-corrected chi connectivity index (χ3v) is 3.59. The van der Waals surface area contributed by atoms with Crippen molar-refractivity contribution in [2.45, 2.75) is 13.0 Å². The van der Waals surface area contributed by atoms with Crippen molar-refractivity contribution in [2.75, 3.05) is 5.73 Å². The molecule has 2 heterocycles. The second kappa shape index (κ2) is 4.70. The number of nitrogen functional groups attached to an aromatic ring is 1. The van der Waals surface area contributed by atoms with Crippen LogP contribution in [0.2, 0.25) is 0 Å². The zero-order valence-corrected chi connectivity index (χ0v) is 11.5. The fourth-order valence-electron chi connectivity index (χ4n) is 2.05. The highest BCUT2D eigenvalue weighted by molar-refractivity contribution is 9.10.